The van der Waals surface area contributed by atoms with Crippen molar-refractivity contribution in [1.82, 2.24) is 9.55 Å². The van der Waals surface area contributed by atoms with Gasteiger partial charge in [-0.15, -0.1) is 11.3 Å². The van der Waals surface area contributed by atoms with Crippen LogP contribution in [0.3, 0.4) is 0 Å². The van der Waals surface area contributed by atoms with Crippen molar-refractivity contribution in [1.29, 1.82) is 0 Å². The maximum Gasteiger partial charge on any atom is 0.263 e. The summed E-state index contributed by atoms with van der Waals surface area (Å²) in [6, 6.07) is 0.482. The van der Waals surface area contributed by atoms with Gasteiger partial charge in [-0.3, -0.25) is 9.36 Å². The van der Waals surface area contributed by atoms with E-state index in [-0.39, 0.29) is 5.56 Å². The van der Waals surface area contributed by atoms with E-state index in [2.05, 4.69) is 5.32 Å². The zero-order chi connectivity index (χ0) is 14.4. The van der Waals surface area contributed by atoms with Crippen molar-refractivity contribution < 1.29 is 0 Å². The quantitative estimate of drug-likeness (QED) is 0.926. The number of hydrogen-bond acceptors (Lipinski definition) is 4. The van der Waals surface area contributed by atoms with E-state index in [4.69, 9.17) is 4.98 Å². The predicted molar refractivity (Wildman–Crippen MR) is 87.4 cm³/mol. The molecule has 0 unspecified atom stereocenters. The summed E-state index contributed by atoms with van der Waals surface area (Å²) in [4.78, 5) is 19.8. The molecular formula is C16H21N3OS. The summed E-state index contributed by atoms with van der Waals surface area (Å²) in [5.74, 6) is 0.748. The lowest BCUT2D eigenvalue weighted by Crippen LogP contribution is -2.26. The summed E-state index contributed by atoms with van der Waals surface area (Å²) in [5, 5.41) is 4.36. The number of aromatic nitrogens is 2. The van der Waals surface area contributed by atoms with Gasteiger partial charge in [0.25, 0.3) is 5.56 Å². The molecule has 2 aromatic heterocycles. The Labute approximate surface area is 128 Å². The van der Waals surface area contributed by atoms with Gasteiger partial charge in [-0.2, -0.15) is 0 Å². The average molecular weight is 303 g/mol. The highest BCUT2D eigenvalue weighted by molar-refractivity contribution is 7.18. The van der Waals surface area contributed by atoms with E-state index >= 15 is 0 Å². The van der Waals surface area contributed by atoms with E-state index in [9.17, 15) is 4.79 Å². The largest absolute Gasteiger partial charge is 0.353 e. The molecule has 4 nitrogen and oxygen atoms in total. The number of fused-ring (bicyclic) bond motifs is 3. The molecule has 2 aliphatic rings. The monoisotopic (exact) mass is 303 g/mol. The Hall–Kier alpha value is -1.36. The normalized spacial score (nSPS) is 19.1. The smallest absolute Gasteiger partial charge is 0.263 e. The first-order chi connectivity index (χ1) is 10.2. The number of rotatable bonds is 2. The molecule has 112 valence electrons. The Balaban J connectivity index is 1.82. The fourth-order valence-electron chi connectivity index (χ4n) is 3.67. The van der Waals surface area contributed by atoms with Crippen LogP contribution in [0.1, 0.15) is 49.0 Å². The van der Waals surface area contributed by atoms with Gasteiger partial charge < -0.3 is 5.32 Å². The van der Waals surface area contributed by atoms with Gasteiger partial charge in [-0.1, -0.05) is 12.8 Å². The number of aryl methyl sites for hydroxylation is 2. The summed E-state index contributed by atoms with van der Waals surface area (Å²) in [6.45, 7) is 0. The molecule has 0 bridgehead atoms. The topological polar surface area (TPSA) is 46.9 Å². The molecule has 0 aromatic carbocycles. The second-order valence-electron chi connectivity index (χ2n) is 6.32. The van der Waals surface area contributed by atoms with Gasteiger partial charge in [0.15, 0.2) is 0 Å². The van der Waals surface area contributed by atoms with Gasteiger partial charge in [-0.05, 0) is 44.1 Å². The Bertz CT molecular complexity index is 740. The van der Waals surface area contributed by atoms with Crippen LogP contribution in [-0.4, -0.2) is 15.6 Å². The third kappa shape index (κ3) is 2.18. The summed E-state index contributed by atoms with van der Waals surface area (Å²) in [5.41, 5.74) is 1.40. The first-order valence-electron chi connectivity index (χ1n) is 8.02. The van der Waals surface area contributed by atoms with E-state index in [1.165, 1.54) is 49.0 Å². The second-order valence-corrected chi connectivity index (χ2v) is 7.40. The van der Waals surface area contributed by atoms with Crippen molar-refractivity contribution in [3.63, 3.8) is 0 Å². The lowest BCUT2D eigenvalue weighted by Gasteiger charge is -2.15. The van der Waals surface area contributed by atoms with Crippen molar-refractivity contribution in [2.24, 2.45) is 7.05 Å². The number of nitrogens with zero attached hydrogens (tertiary/aromatic N) is 2. The molecule has 0 spiro atoms. The highest BCUT2D eigenvalue weighted by Crippen LogP contribution is 2.34. The van der Waals surface area contributed by atoms with E-state index in [1.807, 2.05) is 7.05 Å². The van der Waals surface area contributed by atoms with Crippen molar-refractivity contribution in [3.8, 4) is 0 Å². The highest BCUT2D eigenvalue weighted by atomic mass is 32.1. The highest BCUT2D eigenvalue weighted by Gasteiger charge is 2.22. The molecule has 2 aliphatic carbocycles. The molecule has 4 rings (SSSR count). The molecule has 21 heavy (non-hydrogen) atoms. The molecule has 1 N–H and O–H groups in total. The number of nitrogens with one attached hydrogen (secondary N) is 1. The van der Waals surface area contributed by atoms with Crippen molar-refractivity contribution in [2.75, 3.05) is 5.32 Å². The lowest BCUT2D eigenvalue weighted by molar-refractivity contribution is 0.698. The van der Waals surface area contributed by atoms with Crippen LogP contribution in [0.2, 0.25) is 0 Å². The van der Waals surface area contributed by atoms with Gasteiger partial charge in [0, 0.05) is 18.0 Å². The minimum Gasteiger partial charge on any atom is -0.353 e. The minimum atomic E-state index is 0.125. The van der Waals surface area contributed by atoms with Crippen LogP contribution in [0.25, 0.3) is 10.2 Å². The summed E-state index contributed by atoms with van der Waals surface area (Å²) in [6.07, 6.45) is 9.54. The fourth-order valence-corrected chi connectivity index (χ4v) is 4.92. The molecule has 0 radical (unpaired) electrons. The van der Waals surface area contributed by atoms with Crippen molar-refractivity contribution >= 4 is 27.5 Å². The molecule has 1 saturated carbocycles. The Kier molecular flexibility index (Phi) is 3.25. The maximum absolute atomic E-state index is 12.7. The molecule has 1 fully saturated rings. The molecule has 2 aromatic rings. The summed E-state index contributed by atoms with van der Waals surface area (Å²) in [7, 11) is 1.85. The summed E-state index contributed by atoms with van der Waals surface area (Å²) >= 11 is 1.73. The Morgan fingerprint density at radius 1 is 1.19 bits per heavy atom. The Morgan fingerprint density at radius 3 is 2.76 bits per heavy atom. The van der Waals surface area contributed by atoms with Crippen LogP contribution in [-0.2, 0) is 19.9 Å². The van der Waals surface area contributed by atoms with Gasteiger partial charge in [-0.25, -0.2) is 4.98 Å². The van der Waals surface area contributed by atoms with Crippen molar-refractivity contribution in [3.05, 3.63) is 20.8 Å². The lowest BCUT2D eigenvalue weighted by atomic mass is 9.97. The Morgan fingerprint density at radius 2 is 1.95 bits per heavy atom. The third-order valence-corrected chi connectivity index (χ3v) is 6.07. The van der Waals surface area contributed by atoms with E-state index in [0.29, 0.717) is 6.04 Å². The average Bonchev–Trinajstić information content (AvgIpc) is 3.11. The van der Waals surface area contributed by atoms with Crippen LogP contribution in [0.4, 0.5) is 5.95 Å². The molecule has 0 atom stereocenters. The van der Waals surface area contributed by atoms with Crippen LogP contribution >= 0.6 is 11.3 Å². The van der Waals surface area contributed by atoms with Gasteiger partial charge in [0.05, 0.1) is 5.39 Å². The number of hydrogen-bond donors (Lipinski definition) is 1. The zero-order valence-corrected chi connectivity index (χ0v) is 13.3. The van der Waals surface area contributed by atoms with Crippen LogP contribution in [0.5, 0.6) is 0 Å². The molecule has 5 heteroatoms. The first-order valence-corrected chi connectivity index (χ1v) is 8.83. The van der Waals surface area contributed by atoms with E-state index in [0.717, 1.165) is 29.0 Å². The number of anilines is 1. The zero-order valence-electron chi connectivity index (χ0n) is 12.4. The second kappa shape index (κ2) is 5.13. The van der Waals surface area contributed by atoms with E-state index in [1.54, 1.807) is 15.9 Å². The van der Waals surface area contributed by atoms with Crippen molar-refractivity contribution in [2.45, 2.75) is 57.4 Å². The molecule has 0 saturated heterocycles. The molecule has 2 heterocycles. The summed E-state index contributed by atoms with van der Waals surface area (Å²) < 4.78 is 1.71. The molecule has 0 amide bonds. The maximum atomic E-state index is 12.7. The molecule has 0 aliphatic heterocycles. The SMILES string of the molecule is Cn1c(NC2CCCC2)nc2sc3c(c2c1=O)CCCC3. The van der Waals surface area contributed by atoms with Gasteiger partial charge in [0.2, 0.25) is 5.95 Å². The van der Waals surface area contributed by atoms with Crippen LogP contribution in [0.15, 0.2) is 4.79 Å². The van der Waals surface area contributed by atoms with E-state index < -0.39 is 0 Å². The van der Waals surface area contributed by atoms with Gasteiger partial charge in [0.1, 0.15) is 4.83 Å². The fraction of sp³-hybridized carbons (Fsp3) is 0.625. The predicted octanol–water partition coefficient (Wildman–Crippen LogP) is 3.23. The van der Waals surface area contributed by atoms with Crippen LogP contribution < -0.4 is 10.9 Å². The molecular weight excluding hydrogens is 282 g/mol. The number of thiophene rings is 1. The third-order valence-electron chi connectivity index (χ3n) is 4.88. The standard InChI is InChI=1S/C16H21N3OS/c1-19-15(20)13-11-8-4-5-9-12(11)21-14(13)18-16(19)17-10-6-2-3-7-10/h10H,2-9H2,1H3,(H,17,18). The minimum absolute atomic E-state index is 0.125. The first kappa shape index (κ1) is 13.3. The van der Waals surface area contributed by atoms with Crippen LogP contribution in [0, 0.1) is 0 Å². The van der Waals surface area contributed by atoms with Gasteiger partial charge >= 0.3 is 0 Å².